The molecule has 0 aromatic rings. The van der Waals surface area contributed by atoms with E-state index in [9.17, 15) is 0 Å². The van der Waals surface area contributed by atoms with Crippen LogP contribution in [0.2, 0.25) is 0 Å². The second kappa shape index (κ2) is 7.37. The van der Waals surface area contributed by atoms with Crippen molar-refractivity contribution in [1.29, 1.82) is 0 Å². The molecule has 0 aliphatic carbocycles. The van der Waals surface area contributed by atoms with Crippen molar-refractivity contribution in [1.82, 2.24) is 6.24 Å². The molecule has 0 aliphatic rings. The maximum absolute atomic E-state index is 2.61. The van der Waals surface area contributed by atoms with Gasteiger partial charge in [-0.2, -0.15) is 0 Å². The third kappa shape index (κ3) is 5.04. The van der Waals surface area contributed by atoms with Gasteiger partial charge in [0, 0.05) is 0 Å². The Kier molecular flexibility index (Phi) is 7.85. The van der Waals surface area contributed by atoms with Crippen LogP contribution in [-0.4, -0.2) is 54.1 Å². The molecule has 0 saturated heterocycles. The summed E-state index contributed by atoms with van der Waals surface area (Å²) in [7, 11) is 0. The Hall–Kier alpha value is 0.719. The zero-order chi connectivity index (χ0) is 8.69. The van der Waals surface area contributed by atoms with Gasteiger partial charge in [-0.25, -0.2) is 0 Å². The number of nitrogens with zero attached hydrogens (tertiary/aromatic N) is 2. The maximum atomic E-state index is 2.61. The van der Waals surface area contributed by atoms with Gasteiger partial charge >= 0.3 is 81.8 Å². The Labute approximate surface area is 81.9 Å². The number of rotatable bonds is 6. The predicted octanol–water partition coefficient (Wildman–Crippen LogP) is 1.20. The van der Waals surface area contributed by atoms with Gasteiger partial charge < -0.3 is 0 Å². The molecule has 0 amide bonds. The first-order valence-electron chi connectivity index (χ1n) is 4.54. The van der Waals surface area contributed by atoms with Gasteiger partial charge in [-0.1, -0.05) is 0 Å². The van der Waals surface area contributed by atoms with Gasteiger partial charge in [-0.3, -0.25) is 0 Å². The summed E-state index contributed by atoms with van der Waals surface area (Å²) in [5.41, 5.74) is 0. The van der Waals surface area contributed by atoms with E-state index >= 15 is 0 Å². The number of hydrogen-bond donors (Lipinski definition) is 0. The Morgan fingerprint density at radius 3 is 1.18 bits per heavy atom. The van der Waals surface area contributed by atoms with E-state index in [1.807, 2.05) is 0 Å². The summed E-state index contributed by atoms with van der Waals surface area (Å²) in [6.45, 7) is 14.0. The molecule has 0 bridgehead atoms. The Balaban J connectivity index is 3.58. The molecule has 2 nitrogen and oxygen atoms in total. The van der Waals surface area contributed by atoms with Crippen LogP contribution in [0.3, 0.4) is 0 Å². The second-order valence-corrected chi connectivity index (χ2v) is 6.63. The van der Waals surface area contributed by atoms with Crippen molar-refractivity contribution in [2.75, 3.05) is 26.2 Å². The van der Waals surface area contributed by atoms with E-state index in [1.54, 1.807) is 0 Å². The summed E-state index contributed by atoms with van der Waals surface area (Å²) in [5, 5.41) is 0. The van der Waals surface area contributed by atoms with Crippen LogP contribution >= 0.6 is 0 Å². The fourth-order valence-electron chi connectivity index (χ4n) is 0.930. The monoisotopic (exact) mass is 264 g/mol. The first-order chi connectivity index (χ1) is 5.28. The van der Waals surface area contributed by atoms with Crippen LogP contribution < -0.4 is 0 Å². The summed E-state index contributed by atoms with van der Waals surface area (Å²) in [4.78, 5) is 0. The topological polar surface area (TPSA) is 6.48 Å². The molecule has 2 radical (unpaired) electrons. The molecule has 0 saturated carbocycles. The molecule has 0 spiro atoms. The van der Waals surface area contributed by atoms with Crippen molar-refractivity contribution < 1.29 is 0 Å². The van der Waals surface area contributed by atoms with Crippen molar-refractivity contribution in [3.05, 3.63) is 0 Å². The van der Waals surface area contributed by atoms with Gasteiger partial charge in [0.05, 0.1) is 0 Å². The Morgan fingerprint density at radius 1 is 0.727 bits per heavy atom. The standard InChI is InChI=1S/2C4H10N.Sn/c2*1-3-5-4-2;/h2*3-4H2,1-2H3;/q2*-1;+2. The molecule has 0 rings (SSSR count). The molecule has 66 valence electrons. The summed E-state index contributed by atoms with van der Waals surface area (Å²) in [6.07, 6.45) is 0. The van der Waals surface area contributed by atoms with Gasteiger partial charge in [0.2, 0.25) is 0 Å². The molecule has 0 N–H and O–H groups in total. The molecule has 0 heterocycles. The van der Waals surface area contributed by atoms with Gasteiger partial charge in [0.1, 0.15) is 0 Å². The van der Waals surface area contributed by atoms with Crippen LogP contribution in [0.25, 0.3) is 0 Å². The van der Waals surface area contributed by atoms with Crippen LogP contribution in [0, 0.1) is 0 Å². The second-order valence-electron chi connectivity index (χ2n) is 2.44. The fraction of sp³-hybridized carbons (Fsp3) is 1.00. The summed E-state index contributed by atoms with van der Waals surface area (Å²) >= 11 is -0.367. The quantitative estimate of drug-likeness (QED) is 0.664. The SMILES string of the molecule is CC[N](CC)[Sn][N](CC)CC. The summed E-state index contributed by atoms with van der Waals surface area (Å²) in [6, 6.07) is 0. The van der Waals surface area contributed by atoms with Crippen LogP contribution in [0.5, 0.6) is 0 Å². The van der Waals surface area contributed by atoms with Crippen LogP contribution in [0.4, 0.5) is 0 Å². The zero-order valence-corrected chi connectivity index (χ0v) is 11.1. The first kappa shape index (κ1) is 11.7. The fourth-order valence-corrected chi connectivity index (χ4v) is 3.69. The average Bonchev–Trinajstić information content (AvgIpc) is 2.07. The Morgan fingerprint density at radius 2 is 1.00 bits per heavy atom. The summed E-state index contributed by atoms with van der Waals surface area (Å²) in [5.74, 6) is 0. The van der Waals surface area contributed by atoms with Gasteiger partial charge in [-0.15, -0.1) is 0 Å². The third-order valence-corrected chi connectivity index (χ3v) is 7.03. The molecule has 0 aromatic carbocycles. The van der Waals surface area contributed by atoms with Crippen LogP contribution in [0.15, 0.2) is 0 Å². The predicted molar refractivity (Wildman–Crippen MR) is 51.6 cm³/mol. The molecular weight excluding hydrogens is 243 g/mol. The Bertz CT molecular complexity index is 70.2. The van der Waals surface area contributed by atoms with Gasteiger partial charge in [0.15, 0.2) is 0 Å². The van der Waals surface area contributed by atoms with E-state index in [1.165, 1.54) is 26.2 Å². The summed E-state index contributed by atoms with van der Waals surface area (Å²) < 4.78 is 5.22. The minimum atomic E-state index is -0.367. The third-order valence-electron chi connectivity index (χ3n) is 1.81. The first-order valence-corrected chi connectivity index (χ1v) is 7.09. The van der Waals surface area contributed by atoms with Crippen LogP contribution in [-0.2, 0) is 0 Å². The van der Waals surface area contributed by atoms with E-state index in [2.05, 4.69) is 33.9 Å². The van der Waals surface area contributed by atoms with Crippen molar-refractivity contribution in [2.24, 2.45) is 0 Å². The molecule has 0 unspecified atom stereocenters. The molecule has 0 aliphatic heterocycles. The zero-order valence-electron chi connectivity index (χ0n) is 8.22. The van der Waals surface area contributed by atoms with E-state index in [0.717, 1.165) is 0 Å². The van der Waals surface area contributed by atoms with Gasteiger partial charge in [0.25, 0.3) is 0 Å². The van der Waals surface area contributed by atoms with E-state index in [-0.39, 0.29) is 21.7 Å². The normalized spacial score (nSPS) is 11.5. The van der Waals surface area contributed by atoms with Crippen molar-refractivity contribution in [2.45, 2.75) is 27.7 Å². The number of hydrogen-bond acceptors (Lipinski definition) is 2. The van der Waals surface area contributed by atoms with Crippen molar-refractivity contribution in [3.63, 3.8) is 0 Å². The molecule has 0 atom stereocenters. The minimum absolute atomic E-state index is 0.367. The van der Waals surface area contributed by atoms with Crippen molar-refractivity contribution >= 4 is 21.7 Å². The molecule has 3 heteroatoms. The molecule has 0 aromatic heterocycles. The van der Waals surface area contributed by atoms with E-state index < -0.39 is 0 Å². The molecular formula is C8H20N2Sn. The van der Waals surface area contributed by atoms with Crippen molar-refractivity contribution in [3.8, 4) is 0 Å². The molecule has 11 heavy (non-hydrogen) atoms. The van der Waals surface area contributed by atoms with E-state index in [4.69, 9.17) is 0 Å². The van der Waals surface area contributed by atoms with Gasteiger partial charge in [-0.05, 0) is 0 Å². The molecule has 0 fully saturated rings. The van der Waals surface area contributed by atoms with Crippen LogP contribution in [0.1, 0.15) is 27.7 Å². The average molecular weight is 263 g/mol. The van der Waals surface area contributed by atoms with E-state index in [0.29, 0.717) is 0 Å².